The van der Waals surface area contributed by atoms with Crippen LogP contribution >= 0.6 is 0 Å². The molecular formula is C26H46O2. The first-order valence-corrected chi connectivity index (χ1v) is 11.3. The second kappa shape index (κ2) is 9.74. The Morgan fingerprint density at radius 1 is 0.964 bits per heavy atom. The molecule has 0 aliphatic heterocycles. The number of ketones is 1. The van der Waals surface area contributed by atoms with Gasteiger partial charge in [0, 0.05) is 16.7 Å². The van der Waals surface area contributed by atoms with Crippen LogP contribution in [0.1, 0.15) is 94.9 Å². The molecule has 1 N–H and O–H groups in total. The summed E-state index contributed by atoms with van der Waals surface area (Å²) in [6.45, 7) is 21.3. The maximum absolute atomic E-state index is 12.1. The second-order valence-corrected chi connectivity index (χ2v) is 10.7. The highest BCUT2D eigenvalue weighted by Crippen LogP contribution is 2.44. The average molecular weight is 391 g/mol. The molecule has 0 saturated heterocycles. The summed E-state index contributed by atoms with van der Waals surface area (Å²) in [5, 5.41) is 10.2. The van der Waals surface area contributed by atoms with Gasteiger partial charge in [0.25, 0.3) is 0 Å². The summed E-state index contributed by atoms with van der Waals surface area (Å²) in [6.07, 6.45) is 8.79. The predicted molar refractivity (Wildman–Crippen MR) is 121 cm³/mol. The Morgan fingerprint density at radius 3 is 1.82 bits per heavy atom. The average Bonchev–Trinajstić information content (AvgIpc) is 2.61. The number of Topliss-reactive ketones (excluding diaryl/α,β-unsaturated/α-hetero) is 1. The van der Waals surface area contributed by atoms with Crippen LogP contribution in [0.2, 0.25) is 0 Å². The Morgan fingerprint density at radius 2 is 1.43 bits per heavy atom. The fourth-order valence-electron chi connectivity index (χ4n) is 4.96. The van der Waals surface area contributed by atoms with Crippen molar-refractivity contribution >= 4 is 5.78 Å². The van der Waals surface area contributed by atoms with E-state index in [0.717, 1.165) is 25.7 Å². The van der Waals surface area contributed by atoms with E-state index in [9.17, 15) is 9.90 Å². The van der Waals surface area contributed by atoms with Crippen LogP contribution in [0.15, 0.2) is 23.3 Å². The zero-order chi connectivity index (χ0) is 21.9. The number of hydrogen-bond acceptors (Lipinski definition) is 2. The van der Waals surface area contributed by atoms with Crippen molar-refractivity contribution in [3.05, 3.63) is 23.3 Å². The van der Waals surface area contributed by atoms with E-state index in [1.165, 1.54) is 11.1 Å². The Labute approximate surface area is 174 Å². The summed E-state index contributed by atoms with van der Waals surface area (Å²) in [4.78, 5) is 12.1. The molecule has 0 spiro atoms. The zero-order valence-corrected chi connectivity index (χ0v) is 20.2. The van der Waals surface area contributed by atoms with E-state index >= 15 is 0 Å². The molecule has 2 aliphatic carbocycles. The lowest BCUT2D eigenvalue weighted by atomic mass is 9.64. The molecule has 0 aromatic heterocycles. The quantitative estimate of drug-likeness (QED) is 0.526. The van der Waals surface area contributed by atoms with Gasteiger partial charge < -0.3 is 5.11 Å². The van der Waals surface area contributed by atoms with Crippen molar-refractivity contribution < 1.29 is 9.90 Å². The summed E-state index contributed by atoms with van der Waals surface area (Å²) in [5.41, 5.74) is 2.87. The predicted octanol–water partition coefficient (Wildman–Crippen LogP) is 6.98. The van der Waals surface area contributed by atoms with Crippen LogP contribution in [0, 0.1) is 34.5 Å². The molecule has 0 fully saturated rings. The molecule has 28 heavy (non-hydrogen) atoms. The Balaban J connectivity index is 0.000000280. The first-order valence-electron chi connectivity index (χ1n) is 11.3. The Bertz CT molecular complexity index is 598. The molecular weight excluding hydrogens is 344 g/mol. The number of rotatable bonds is 4. The molecule has 0 aromatic carbocycles. The Hall–Kier alpha value is -0.890. The molecule has 2 aliphatic rings. The molecule has 0 aromatic rings. The molecule has 2 nitrogen and oxygen atoms in total. The van der Waals surface area contributed by atoms with E-state index in [1.54, 1.807) is 0 Å². The SMILES string of the molecule is CC1=CC(C)C(C)(C(=O)C(C)C)CC1.CC1=CC(C)C(C)(C(O)C(C)C)CC1. The van der Waals surface area contributed by atoms with E-state index < -0.39 is 0 Å². The number of aliphatic hydroxyl groups is 1. The summed E-state index contributed by atoms with van der Waals surface area (Å²) < 4.78 is 0. The van der Waals surface area contributed by atoms with E-state index in [4.69, 9.17) is 0 Å². The molecule has 0 bridgehead atoms. The topological polar surface area (TPSA) is 37.3 Å². The minimum absolute atomic E-state index is 0.0771. The number of hydrogen-bond donors (Lipinski definition) is 1. The zero-order valence-electron chi connectivity index (χ0n) is 20.2. The van der Waals surface area contributed by atoms with Crippen molar-refractivity contribution in [3.8, 4) is 0 Å². The molecule has 0 radical (unpaired) electrons. The van der Waals surface area contributed by atoms with E-state index in [1.807, 2.05) is 13.8 Å². The molecule has 5 unspecified atom stereocenters. The first-order chi connectivity index (χ1) is 12.8. The van der Waals surface area contributed by atoms with Gasteiger partial charge in [-0.05, 0) is 57.3 Å². The lowest BCUT2D eigenvalue weighted by Gasteiger charge is -2.43. The maximum atomic E-state index is 12.1. The molecule has 5 atom stereocenters. The highest BCUT2D eigenvalue weighted by molar-refractivity contribution is 5.86. The summed E-state index contributed by atoms with van der Waals surface area (Å²) in [6, 6.07) is 0. The largest absolute Gasteiger partial charge is 0.392 e. The standard InChI is InChI=1S/C13H24O.C13H22O/c2*1-9(2)12(14)13(5)7-6-10(3)8-11(13)4/h8-9,11-12,14H,6-7H2,1-5H3;8-9,11H,6-7H2,1-5H3. The third-order valence-electron chi connectivity index (χ3n) is 7.61. The van der Waals surface area contributed by atoms with Crippen molar-refractivity contribution in [2.45, 2.75) is 101 Å². The fourth-order valence-corrected chi connectivity index (χ4v) is 4.96. The van der Waals surface area contributed by atoms with Crippen molar-refractivity contribution in [3.63, 3.8) is 0 Å². The summed E-state index contributed by atoms with van der Waals surface area (Å²) in [7, 11) is 0. The van der Waals surface area contributed by atoms with Gasteiger partial charge in [0.15, 0.2) is 0 Å². The van der Waals surface area contributed by atoms with E-state index in [-0.39, 0.29) is 22.9 Å². The van der Waals surface area contributed by atoms with Gasteiger partial charge in [-0.1, -0.05) is 78.7 Å². The maximum Gasteiger partial charge on any atom is 0.141 e. The van der Waals surface area contributed by atoms with Crippen LogP contribution in [-0.2, 0) is 4.79 Å². The highest BCUT2D eigenvalue weighted by Gasteiger charge is 2.41. The number of allylic oxidation sites excluding steroid dienone is 4. The van der Waals surface area contributed by atoms with Gasteiger partial charge in [0.1, 0.15) is 5.78 Å². The van der Waals surface area contributed by atoms with Gasteiger partial charge in [0.05, 0.1) is 6.10 Å². The summed E-state index contributed by atoms with van der Waals surface area (Å²) >= 11 is 0. The smallest absolute Gasteiger partial charge is 0.141 e. The molecule has 162 valence electrons. The number of carbonyl (C=O) groups excluding carboxylic acids is 1. The number of carbonyl (C=O) groups is 1. The summed E-state index contributed by atoms with van der Waals surface area (Å²) in [5.74, 6) is 1.83. The highest BCUT2D eigenvalue weighted by atomic mass is 16.3. The van der Waals surface area contributed by atoms with Gasteiger partial charge in [0.2, 0.25) is 0 Å². The van der Waals surface area contributed by atoms with Crippen LogP contribution in [0.5, 0.6) is 0 Å². The Kier molecular flexibility index (Phi) is 8.75. The van der Waals surface area contributed by atoms with Gasteiger partial charge >= 0.3 is 0 Å². The van der Waals surface area contributed by atoms with E-state index in [0.29, 0.717) is 23.5 Å². The van der Waals surface area contributed by atoms with Crippen molar-refractivity contribution in [1.29, 1.82) is 0 Å². The second-order valence-electron chi connectivity index (χ2n) is 10.7. The van der Waals surface area contributed by atoms with Crippen LogP contribution in [0.3, 0.4) is 0 Å². The normalized spacial score (nSPS) is 34.3. The lowest BCUT2D eigenvalue weighted by molar-refractivity contribution is -0.133. The van der Waals surface area contributed by atoms with Crippen LogP contribution in [-0.4, -0.2) is 17.0 Å². The van der Waals surface area contributed by atoms with Crippen molar-refractivity contribution in [2.24, 2.45) is 34.5 Å². The van der Waals surface area contributed by atoms with Crippen LogP contribution in [0.4, 0.5) is 0 Å². The van der Waals surface area contributed by atoms with Crippen molar-refractivity contribution in [1.82, 2.24) is 0 Å². The van der Waals surface area contributed by atoms with Crippen molar-refractivity contribution in [2.75, 3.05) is 0 Å². The van der Waals surface area contributed by atoms with E-state index in [2.05, 4.69) is 67.5 Å². The van der Waals surface area contributed by atoms with Gasteiger partial charge in [-0.15, -0.1) is 0 Å². The van der Waals surface area contributed by atoms with Crippen LogP contribution in [0.25, 0.3) is 0 Å². The lowest BCUT2D eigenvalue weighted by Crippen LogP contribution is -2.42. The fraction of sp³-hybridized carbons (Fsp3) is 0.808. The number of aliphatic hydroxyl groups excluding tert-OH is 1. The molecule has 0 heterocycles. The van der Waals surface area contributed by atoms with Crippen LogP contribution < -0.4 is 0 Å². The monoisotopic (exact) mass is 390 g/mol. The molecule has 0 saturated carbocycles. The third kappa shape index (κ3) is 5.59. The van der Waals surface area contributed by atoms with Gasteiger partial charge in [-0.2, -0.15) is 0 Å². The third-order valence-corrected chi connectivity index (χ3v) is 7.61. The minimum Gasteiger partial charge on any atom is -0.392 e. The first kappa shape index (κ1) is 25.1. The molecule has 2 heteroatoms. The van der Waals surface area contributed by atoms with Gasteiger partial charge in [-0.3, -0.25) is 4.79 Å². The minimum atomic E-state index is -0.179. The molecule has 0 amide bonds. The molecule has 2 rings (SSSR count). The van der Waals surface area contributed by atoms with Gasteiger partial charge in [-0.25, -0.2) is 0 Å².